The Hall–Kier alpha value is -0.0800. The molecular formula is C16H32N2. The van der Waals surface area contributed by atoms with Crippen LogP contribution in [-0.2, 0) is 0 Å². The average Bonchev–Trinajstić information content (AvgIpc) is 2.57. The van der Waals surface area contributed by atoms with Crippen LogP contribution in [0.15, 0.2) is 0 Å². The fraction of sp³-hybridized carbons (Fsp3) is 1.00. The predicted molar refractivity (Wildman–Crippen MR) is 78.9 cm³/mol. The molecule has 0 amide bonds. The van der Waals surface area contributed by atoms with Gasteiger partial charge < -0.3 is 10.2 Å². The first-order valence-electron chi connectivity index (χ1n) is 8.07. The maximum absolute atomic E-state index is 3.95. The zero-order valence-corrected chi connectivity index (χ0v) is 12.7. The minimum atomic E-state index is 0.598. The molecule has 1 aliphatic heterocycles. The Morgan fingerprint density at radius 2 is 1.67 bits per heavy atom. The maximum Gasteiger partial charge on any atom is 0.00823 e. The number of hydrogen-bond donors (Lipinski definition) is 1. The summed E-state index contributed by atoms with van der Waals surface area (Å²) >= 11 is 0. The second kappa shape index (κ2) is 6.38. The van der Waals surface area contributed by atoms with Gasteiger partial charge in [0.2, 0.25) is 0 Å². The maximum atomic E-state index is 3.95. The molecule has 0 aromatic rings. The molecular weight excluding hydrogens is 220 g/mol. The Morgan fingerprint density at radius 1 is 1.00 bits per heavy atom. The SMILES string of the molecule is CCN1CCCC(NC2CCC(C)(C)CC2)CC1. The summed E-state index contributed by atoms with van der Waals surface area (Å²) in [4.78, 5) is 2.60. The molecule has 1 heterocycles. The van der Waals surface area contributed by atoms with Crippen LogP contribution in [0.3, 0.4) is 0 Å². The van der Waals surface area contributed by atoms with E-state index >= 15 is 0 Å². The quantitative estimate of drug-likeness (QED) is 0.828. The van der Waals surface area contributed by atoms with Crippen molar-refractivity contribution in [3.05, 3.63) is 0 Å². The van der Waals surface area contributed by atoms with Crippen molar-refractivity contribution in [2.75, 3.05) is 19.6 Å². The smallest absolute Gasteiger partial charge is 0.00823 e. The van der Waals surface area contributed by atoms with Crippen LogP contribution in [0.2, 0.25) is 0 Å². The molecule has 18 heavy (non-hydrogen) atoms. The van der Waals surface area contributed by atoms with Crippen LogP contribution in [0.5, 0.6) is 0 Å². The van der Waals surface area contributed by atoms with Gasteiger partial charge in [-0.05, 0) is 70.0 Å². The molecule has 1 N–H and O–H groups in total. The molecule has 1 aliphatic carbocycles. The van der Waals surface area contributed by atoms with E-state index in [1.165, 1.54) is 64.6 Å². The average molecular weight is 252 g/mol. The highest BCUT2D eigenvalue weighted by Crippen LogP contribution is 2.35. The van der Waals surface area contributed by atoms with Gasteiger partial charge in [0.1, 0.15) is 0 Å². The molecule has 0 aromatic heterocycles. The molecule has 1 unspecified atom stereocenters. The van der Waals surface area contributed by atoms with Gasteiger partial charge in [-0.2, -0.15) is 0 Å². The number of nitrogens with zero attached hydrogens (tertiary/aromatic N) is 1. The van der Waals surface area contributed by atoms with Gasteiger partial charge in [-0.25, -0.2) is 0 Å². The normalized spacial score (nSPS) is 31.2. The van der Waals surface area contributed by atoms with Crippen LogP contribution >= 0.6 is 0 Å². The standard InChI is InChI=1S/C16H32N2/c1-4-18-12-5-6-14(9-13-18)17-15-7-10-16(2,3)11-8-15/h14-15,17H,4-13H2,1-3H3. The molecule has 106 valence electrons. The van der Waals surface area contributed by atoms with E-state index in [4.69, 9.17) is 0 Å². The molecule has 2 aliphatic rings. The lowest BCUT2D eigenvalue weighted by Crippen LogP contribution is -2.42. The molecule has 1 atom stereocenters. The van der Waals surface area contributed by atoms with Crippen LogP contribution < -0.4 is 5.32 Å². The third-order valence-electron chi connectivity index (χ3n) is 5.08. The Labute approximate surface area is 114 Å². The van der Waals surface area contributed by atoms with Crippen molar-refractivity contribution in [2.24, 2.45) is 5.41 Å². The van der Waals surface area contributed by atoms with Gasteiger partial charge in [0, 0.05) is 12.1 Å². The van der Waals surface area contributed by atoms with E-state index in [9.17, 15) is 0 Å². The van der Waals surface area contributed by atoms with Gasteiger partial charge in [0.25, 0.3) is 0 Å². The topological polar surface area (TPSA) is 15.3 Å². The Morgan fingerprint density at radius 3 is 2.33 bits per heavy atom. The number of likely N-dealkylation sites (tertiary alicyclic amines) is 1. The lowest BCUT2D eigenvalue weighted by Gasteiger charge is -2.36. The molecule has 0 spiro atoms. The second-order valence-corrected chi connectivity index (χ2v) is 7.17. The van der Waals surface area contributed by atoms with E-state index in [0.717, 1.165) is 12.1 Å². The Kier molecular flexibility index (Phi) is 5.08. The fourth-order valence-corrected chi connectivity index (χ4v) is 3.54. The zero-order chi connectivity index (χ0) is 13.0. The molecule has 1 saturated carbocycles. The summed E-state index contributed by atoms with van der Waals surface area (Å²) in [5.41, 5.74) is 0.598. The summed E-state index contributed by atoms with van der Waals surface area (Å²) in [6.45, 7) is 11.0. The summed E-state index contributed by atoms with van der Waals surface area (Å²) in [6, 6.07) is 1.59. The first-order valence-corrected chi connectivity index (χ1v) is 8.07. The summed E-state index contributed by atoms with van der Waals surface area (Å²) < 4.78 is 0. The predicted octanol–water partition coefficient (Wildman–Crippen LogP) is 3.42. The van der Waals surface area contributed by atoms with Crippen molar-refractivity contribution in [3.8, 4) is 0 Å². The minimum Gasteiger partial charge on any atom is -0.311 e. The minimum absolute atomic E-state index is 0.598. The molecule has 2 fully saturated rings. The molecule has 2 heteroatoms. The summed E-state index contributed by atoms with van der Waals surface area (Å²) in [7, 11) is 0. The zero-order valence-electron chi connectivity index (χ0n) is 12.7. The van der Waals surface area contributed by atoms with Gasteiger partial charge in [-0.3, -0.25) is 0 Å². The van der Waals surface area contributed by atoms with Crippen molar-refractivity contribution in [2.45, 2.75) is 77.8 Å². The third-order valence-corrected chi connectivity index (χ3v) is 5.08. The first-order chi connectivity index (χ1) is 8.59. The highest BCUT2D eigenvalue weighted by atomic mass is 15.1. The molecule has 2 rings (SSSR count). The van der Waals surface area contributed by atoms with E-state index in [1.807, 2.05) is 0 Å². The molecule has 0 aromatic carbocycles. The highest BCUT2D eigenvalue weighted by Gasteiger charge is 2.28. The molecule has 2 nitrogen and oxygen atoms in total. The van der Waals surface area contributed by atoms with Gasteiger partial charge in [-0.1, -0.05) is 20.8 Å². The lowest BCUT2D eigenvalue weighted by atomic mass is 9.75. The summed E-state index contributed by atoms with van der Waals surface area (Å²) in [5, 5.41) is 3.95. The number of hydrogen-bond acceptors (Lipinski definition) is 2. The Bertz CT molecular complexity index is 239. The lowest BCUT2D eigenvalue weighted by molar-refractivity contribution is 0.194. The van der Waals surface area contributed by atoms with Gasteiger partial charge >= 0.3 is 0 Å². The number of rotatable bonds is 3. The molecule has 1 saturated heterocycles. The molecule has 0 bridgehead atoms. The van der Waals surface area contributed by atoms with Gasteiger partial charge in [-0.15, -0.1) is 0 Å². The first kappa shape index (κ1) is 14.3. The van der Waals surface area contributed by atoms with E-state index in [-0.39, 0.29) is 0 Å². The summed E-state index contributed by atoms with van der Waals surface area (Å²) in [5.74, 6) is 0. The van der Waals surface area contributed by atoms with E-state index in [1.54, 1.807) is 0 Å². The van der Waals surface area contributed by atoms with Crippen LogP contribution in [0.4, 0.5) is 0 Å². The monoisotopic (exact) mass is 252 g/mol. The van der Waals surface area contributed by atoms with Crippen molar-refractivity contribution in [1.82, 2.24) is 10.2 Å². The van der Waals surface area contributed by atoms with Crippen molar-refractivity contribution in [1.29, 1.82) is 0 Å². The highest BCUT2D eigenvalue weighted by molar-refractivity contribution is 4.85. The van der Waals surface area contributed by atoms with E-state index < -0.39 is 0 Å². The number of nitrogens with one attached hydrogen (secondary N) is 1. The van der Waals surface area contributed by atoms with Crippen molar-refractivity contribution >= 4 is 0 Å². The van der Waals surface area contributed by atoms with Gasteiger partial charge in [0.15, 0.2) is 0 Å². The van der Waals surface area contributed by atoms with Crippen LogP contribution in [0.25, 0.3) is 0 Å². The van der Waals surface area contributed by atoms with E-state index in [2.05, 4.69) is 31.0 Å². The largest absolute Gasteiger partial charge is 0.311 e. The van der Waals surface area contributed by atoms with E-state index in [0.29, 0.717) is 5.41 Å². The van der Waals surface area contributed by atoms with Crippen LogP contribution in [-0.4, -0.2) is 36.6 Å². The van der Waals surface area contributed by atoms with Crippen molar-refractivity contribution < 1.29 is 0 Å². The van der Waals surface area contributed by atoms with Crippen molar-refractivity contribution in [3.63, 3.8) is 0 Å². The summed E-state index contributed by atoms with van der Waals surface area (Å²) in [6.07, 6.45) is 9.70. The molecule has 0 radical (unpaired) electrons. The van der Waals surface area contributed by atoms with Crippen LogP contribution in [0.1, 0.15) is 65.7 Å². The van der Waals surface area contributed by atoms with Crippen LogP contribution in [0, 0.1) is 5.41 Å². The third kappa shape index (κ3) is 4.24. The fourth-order valence-electron chi connectivity index (χ4n) is 3.54. The van der Waals surface area contributed by atoms with Gasteiger partial charge in [0.05, 0.1) is 0 Å². The second-order valence-electron chi connectivity index (χ2n) is 7.17. The Balaban J connectivity index is 1.73.